The van der Waals surface area contributed by atoms with Crippen LogP contribution in [-0.2, 0) is 16.0 Å². The molecule has 0 aliphatic heterocycles. The van der Waals surface area contributed by atoms with Crippen molar-refractivity contribution in [1.29, 1.82) is 0 Å². The van der Waals surface area contributed by atoms with Gasteiger partial charge >= 0.3 is 5.97 Å². The van der Waals surface area contributed by atoms with E-state index in [1.807, 2.05) is 30.5 Å². The van der Waals surface area contributed by atoms with Crippen molar-refractivity contribution in [1.82, 2.24) is 4.98 Å². The highest BCUT2D eigenvalue weighted by molar-refractivity contribution is 5.98. The van der Waals surface area contributed by atoms with Gasteiger partial charge in [-0.1, -0.05) is 30.3 Å². The van der Waals surface area contributed by atoms with E-state index in [2.05, 4.69) is 4.98 Å². The third kappa shape index (κ3) is 3.51. The normalized spacial score (nSPS) is 10.7. The summed E-state index contributed by atoms with van der Waals surface area (Å²) in [6.45, 7) is -0.451. The molecule has 0 unspecified atom stereocenters. The second-order valence-corrected chi connectivity index (χ2v) is 5.42. The van der Waals surface area contributed by atoms with Crippen molar-refractivity contribution in [3.8, 4) is 0 Å². The van der Waals surface area contributed by atoms with Crippen molar-refractivity contribution >= 4 is 22.7 Å². The Morgan fingerprint density at radius 2 is 1.79 bits per heavy atom. The largest absolute Gasteiger partial charge is 0.457 e. The third-order valence-corrected chi connectivity index (χ3v) is 3.81. The molecule has 0 radical (unpaired) electrons. The smallest absolute Gasteiger partial charge is 0.306 e. The van der Waals surface area contributed by atoms with Crippen molar-refractivity contribution in [2.45, 2.75) is 12.8 Å². The molecule has 0 aliphatic carbocycles. The number of aromatic amines is 1. The number of benzene rings is 2. The first-order valence-corrected chi connectivity index (χ1v) is 7.63. The summed E-state index contributed by atoms with van der Waals surface area (Å²) >= 11 is 0. The van der Waals surface area contributed by atoms with E-state index < -0.39 is 24.2 Å². The first kappa shape index (κ1) is 15.9. The van der Waals surface area contributed by atoms with Crippen LogP contribution in [0.3, 0.4) is 0 Å². The van der Waals surface area contributed by atoms with E-state index in [0.717, 1.165) is 16.5 Å². The molecule has 0 spiro atoms. The van der Waals surface area contributed by atoms with Crippen molar-refractivity contribution in [2.75, 3.05) is 6.61 Å². The number of esters is 1. The fourth-order valence-corrected chi connectivity index (χ4v) is 2.56. The van der Waals surface area contributed by atoms with Crippen LogP contribution in [0.1, 0.15) is 22.3 Å². The Morgan fingerprint density at radius 3 is 2.62 bits per heavy atom. The molecule has 5 heteroatoms. The maximum absolute atomic E-state index is 13.5. The number of fused-ring (bicyclic) bond motifs is 1. The first-order valence-electron chi connectivity index (χ1n) is 7.63. The van der Waals surface area contributed by atoms with Gasteiger partial charge in [-0.15, -0.1) is 0 Å². The molecule has 122 valence electrons. The summed E-state index contributed by atoms with van der Waals surface area (Å²) in [5.41, 5.74) is 1.96. The van der Waals surface area contributed by atoms with Crippen LogP contribution < -0.4 is 0 Å². The van der Waals surface area contributed by atoms with Crippen LogP contribution in [-0.4, -0.2) is 23.3 Å². The Labute approximate surface area is 138 Å². The van der Waals surface area contributed by atoms with E-state index in [0.29, 0.717) is 6.42 Å². The third-order valence-electron chi connectivity index (χ3n) is 3.81. The average Bonchev–Trinajstić information content (AvgIpc) is 3.01. The number of aromatic nitrogens is 1. The summed E-state index contributed by atoms with van der Waals surface area (Å²) < 4.78 is 18.4. The minimum atomic E-state index is -0.614. The van der Waals surface area contributed by atoms with Gasteiger partial charge in [0, 0.05) is 23.5 Å². The number of Topliss-reactive ketones (excluding diaryl/α,β-unsaturated/α-hetero) is 1. The first-order chi connectivity index (χ1) is 11.6. The molecule has 0 saturated heterocycles. The number of aryl methyl sites for hydroxylation is 1. The number of para-hydroxylation sites is 1. The molecule has 1 aromatic heterocycles. The van der Waals surface area contributed by atoms with Crippen molar-refractivity contribution in [3.05, 3.63) is 71.7 Å². The number of hydrogen-bond acceptors (Lipinski definition) is 3. The van der Waals surface area contributed by atoms with Crippen molar-refractivity contribution in [3.63, 3.8) is 0 Å². The number of ketones is 1. The number of carbonyl (C=O) groups is 2. The zero-order valence-electron chi connectivity index (χ0n) is 12.9. The summed E-state index contributed by atoms with van der Waals surface area (Å²) in [4.78, 5) is 26.8. The Bertz CT molecular complexity index is 885. The SMILES string of the molecule is O=C(CCc1c[nH]c2ccccc12)OCC(=O)c1ccccc1F. The number of H-pyrrole nitrogens is 1. The van der Waals surface area contributed by atoms with Gasteiger partial charge in [0.1, 0.15) is 5.82 Å². The van der Waals surface area contributed by atoms with Crippen molar-refractivity contribution < 1.29 is 18.7 Å². The molecule has 2 aromatic carbocycles. The van der Waals surface area contributed by atoms with Gasteiger partial charge in [0.15, 0.2) is 6.61 Å². The van der Waals surface area contributed by atoms with E-state index in [-0.39, 0.29) is 12.0 Å². The van der Waals surface area contributed by atoms with Gasteiger partial charge in [-0.05, 0) is 30.2 Å². The lowest BCUT2D eigenvalue weighted by Crippen LogP contribution is -2.15. The quantitative estimate of drug-likeness (QED) is 0.556. The van der Waals surface area contributed by atoms with Crippen LogP contribution in [0.15, 0.2) is 54.7 Å². The molecular weight excluding hydrogens is 309 g/mol. The minimum absolute atomic E-state index is 0.0677. The highest BCUT2D eigenvalue weighted by Gasteiger charge is 2.14. The monoisotopic (exact) mass is 325 g/mol. The van der Waals surface area contributed by atoms with Crippen LogP contribution in [0.4, 0.5) is 4.39 Å². The molecule has 4 nitrogen and oxygen atoms in total. The van der Waals surface area contributed by atoms with E-state index in [9.17, 15) is 14.0 Å². The molecule has 3 aromatic rings. The van der Waals surface area contributed by atoms with Gasteiger partial charge in [-0.2, -0.15) is 0 Å². The number of carbonyl (C=O) groups excluding carboxylic acids is 2. The topological polar surface area (TPSA) is 59.2 Å². The molecule has 3 rings (SSSR count). The molecule has 0 amide bonds. The molecule has 0 saturated carbocycles. The van der Waals surface area contributed by atoms with Gasteiger partial charge in [-0.3, -0.25) is 9.59 Å². The van der Waals surface area contributed by atoms with Crippen LogP contribution in [0.2, 0.25) is 0 Å². The molecule has 0 bridgehead atoms. The average molecular weight is 325 g/mol. The summed E-state index contributed by atoms with van der Waals surface area (Å²) in [5.74, 6) is -1.64. The summed E-state index contributed by atoms with van der Waals surface area (Å²) in [6, 6.07) is 13.5. The van der Waals surface area contributed by atoms with Gasteiger partial charge in [0.25, 0.3) is 0 Å². The Balaban J connectivity index is 1.53. The maximum atomic E-state index is 13.5. The molecule has 0 aliphatic rings. The predicted octanol–water partition coefficient (Wildman–Crippen LogP) is 3.67. The predicted molar refractivity (Wildman–Crippen MR) is 88.3 cm³/mol. The van der Waals surface area contributed by atoms with Crippen LogP contribution in [0, 0.1) is 5.82 Å². The summed E-state index contributed by atoms with van der Waals surface area (Å²) in [7, 11) is 0. The summed E-state index contributed by atoms with van der Waals surface area (Å²) in [5, 5.41) is 1.06. The number of nitrogens with one attached hydrogen (secondary N) is 1. The van der Waals surface area contributed by atoms with E-state index >= 15 is 0 Å². The van der Waals surface area contributed by atoms with Gasteiger partial charge in [0.2, 0.25) is 5.78 Å². The Morgan fingerprint density at radius 1 is 1.04 bits per heavy atom. The lowest BCUT2D eigenvalue weighted by atomic mass is 10.1. The molecule has 1 N–H and O–H groups in total. The minimum Gasteiger partial charge on any atom is -0.457 e. The number of rotatable bonds is 6. The van der Waals surface area contributed by atoms with Crippen molar-refractivity contribution in [2.24, 2.45) is 0 Å². The van der Waals surface area contributed by atoms with Crippen LogP contribution in [0.25, 0.3) is 10.9 Å². The highest BCUT2D eigenvalue weighted by atomic mass is 19.1. The van der Waals surface area contributed by atoms with E-state index in [4.69, 9.17) is 4.74 Å². The molecule has 0 fully saturated rings. The Kier molecular flexibility index (Phi) is 4.70. The molecular formula is C19H16FNO3. The lowest BCUT2D eigenvalue weighted by molar-refractivity contribution is -0.142. The maximum Gasteiger partial charge on any atom is 0.306 e. The fourth-order valence-electron chi connectivity index (χ4n) is 2.56. The molecule has 0 atom stereocenters. The lowest BCUT2D eigenvalue weighted by Gasteiger charge is -2.05. The van der Waals surface area contributed by atoms with Crippen LogP contribution >= 0.6 is 0 Å². The van der Waals surface area contributed by atoms with E-state index in [1.165, 1.54) is 18.2 Å². The van der Waals surface area contributed by atoms with Gasteiger partial charge in [-0.25, -0.2) is 4.39 Å². The van der Waals surface area contributed by atoms with Crippen LogP contribution in [0.5, 0.6) is 0 Å². The van der Waals surface area contributed by atoms with E-state index in [1.54, 1.807) is 6.07 Å². The molecule has 24 heavy (non-hydrogen) atoms. The zero-order chi connectivity index (χ0) is 16.9. The number of hydrogen-bond donors (Lipinski definition) is 1. The number of halogens is 1. The highest BCUT2D eigenvalue weighted by Crippen LogP contribution is 2.19. The van der Waals surface area contributed by atoms with Gasteiger partial charge < -0.3 is 9.72 Å². The second-order valence-electron chi connectivity index (χ2n) is 5.42. The van der Waals surface area contributed by atoms with Gasteiger partial charge in [0.05, 0.1) is 5.56 Å². The second kappa shape index (κ2) is 7.08. The Hall–Kier alpha value is -2.95. The molecule has 1 heterocycles. The fraction of sp³-hybridized carbons (Fsp3) is 0.158. The summed E-state index contributed by atoms with van der Waals surface area (Å²) in [6.07, 6.45) is 2.53. The standard InChI is InChI=1S/C19H16FNO3/c20-16-7-3-1-6-15(16)18(22)12-24-19(23)10-9-13-11-21-17-8-4-2-5-14(13)17/h1-8,11,21H,9-10,12H2. The zero-order valence-corrected chi connectivity index (χ0v) is 12.9. The number of ether oxygens (including phenoxy) is 1.